The van der Waals surface area contributed by atoms with Crippen LogP contribution in [0.5, 0.6) is 0 Å². The number of aromatic nitrogens is 1. The summed E-state index contributed by atoms with van der Waals surface area (Å²) in [6.07, 6.45) is 2.28. The van der Waals surface area contributed by atoms with E-state index in [4.69, 9.17) is 5.11 Å². The van der Waals surface area contributed by atoms with E-state index in [0.717, 1.165) is 17.7 Å². The zero-order chi connectivity index (χ0) is 6.69. The molecular weight excluding hydrogens is 118 g/mol. The number of aliphatic hydroxyl groups is 1. The van der Waals surface area contributed by atoms with Gasteiger partial charge in [-0.05, 0) is 6.42 Å². The molecule has 1 N–H and O–H groups in total. The second kappa shape index (κ2) is 2.64. The third-order valence-electron chi connectivity index (χ3n) is 1.23. The molecule has 0 saturated heterocycles. The number of nitrogens with zero attached hydrogens (tertiary/aromatic N) is 1. The summed E-state index contributed by atoms with van der Waals surface area (Å²) in [5.41, 5.74) is 1.63. The Labute approximate surface area is 53.3 Å². The molecule has 0 spiro atoms. The van der Waals surface area contributed by atoms with E-state index in [1.165, 1.54) is 6.26 Å². The summed E-state index contributed by atoms with van der Waals surface area (Å²) in [5, 5.41) is 12.3. The first-order chi connectivity index (χ1) is 4.38. The first kappa shape index (κ1) is 6.29. The zero-order valence-corrected chi connectivity index (χ0v) is 5.29. The Morgan fingerprint density at radius 2 is 2.56 bits per heavy atom. The molecule has 1 aromatic heterocycles. The van der Waals surface area contributed by atoms with Crippen LogP contribution in [0, 0.1) is 0 Å². The fourth-order valence-corrected chi connectivity index (χ4v) is 0.700. The fourth-order valence-electron chi connectivity index (χ4n) is 0.700. The summed E-state index contributed by atoms with van der Waals surface area (Å²) < 4.78 is 4.62. The fraction of sp³-hybridized carbons (Fsp3) is 0.500. The lowest BCUT2D eigenvalue weighted by molar-refractivity contribution is 0.279. The third-order valence-corrected chi connectivity index (χ3v) is 1.23. The standard InChI is InChI=1S/C6H9NO2/c1-2-6-5(3-8)4-9-7-6/h4,8H,2-3H2,1H3. The maximum absolute atomic E-state index is 8.64. The van der Waals surface area contributed by atoms with E-state index in [1.54, 1.807) is 0 Å². The minimum absolute atomic E-state index is 0.0205. The maximum Gasteiger partial charge on any atom is 0.129 e. The predicted molar refractivity (Wildman–Crippen MR) is 31.8 cm³/mol. The van der Waals surface area contributed by atoms with Crippen LogP contribution < -0.4 is 0 Å². The third kappa shape index (κ3) is 1.10. The van der Waals surface area contributed by atoms with Crippen LogP contribution in [0.3, 0.4) is 0 Å². The van der Waals surface area contributed by atoms with Crippen molar-refractivity contribution in [2.75, 3.05) is 0 Å². The van der Waals surface area contributed by atoms with Crippen molar-refractivity contribution in [3.05, 3.63) is 17.5 Å². The first-order valence-electron chi connectivity index (χ1n) is 2.91. The number of rotatable bonds is 2. The van der Waals surface area contributed by atoms with Gasteiger partial charge in [0.25, 0.3) is 0 Å². The second-order valence-electron chi connectivity index (χ2n) is 1.80. The lowest BCUT2D eigenvalue weighted by atomic mass is 10.2. The van der Waals surface area contributed by atoms with Crippen molar-refractivity contribution in [1.82, 2.24) is 5.16 Å². The molecule has 9 heavy (non-hydrogen) atoms. The molecule has 1 aromatic rings. The molecule has 50 valence electrons. The highest BCUT2D eigenvalue weighted by Gasteiger charge is 2.01. The Morgan fingerprint density at radius 1 is 1.78 bits per heavy atom. The van der Waals surface area contributed by atoms with Crippen molar-refractivity contribution in [3.63, 3.8) is 0 Å². The van der Waals surface area contributed by atoms with Gasteiger partial charge in [-0.25, -0.2) is 0 Å². The highest BCUT2D eigenvalue weighted by atomic mass is 16.5. The van der Waals surface area contributed by atoms with Crippen molar-refractivity contribution in [2.45, 2.75) is 20.0 Å². The quantitative estimate of drug-likeness (QED) is 0.637. The van der Waals surface area contributed by atoms with Crippen LogP contribution in [-0.2, 0) is 13.0 Å². The number of aliphatic hydroxyl groups excluding tert-OH is 1. The molecule has 0 amide bonds. The van der Waals surface area contributed by atoms with Crippen molar-refractivity contribution >= 4 is 0 Å². The Morgan fingerprint density at radius 3 is 3.00 bits per heavy atom. The van der Waals surface area contributed by atoms with Crippen molar-refractivity contribution in [3.8, 4) is 0 Å². The molecule has 1 heterocycles. The molecule has 0 atom stereocenters. The van der Waals surface area contributed by atoms with Gasteiger partial charge in [-0.1, -0.05) is 12.1 Å². The van der Waals surface area contributed by atoms with Gasteiger partial charge in [-0.15, -0.1) is 0 Å². The van der Waals surface area contributed by atoms with Gasteiger partial charge in [-0.3, -0.25) is 0 Å². The van der Waals surface area contributed by atoms with Crippen molar-refractivity contribution < 1.29 is 9.63 Å². The molecule has 3 nitrogen and oxygen atoms in total. The molecule has 0 fully saturated rings. The van der Waals surface area contributed by atoms with Gasteiger partial charge >= 0.3 is 0 Å². The van der Waals surface area contributed by atoms with Crippen LogP contribution in [0.25, 0.3) is 0 Å². The first-order valence-corrected chi connectivity index (χ1v) is 2.91. The molecule has 0 aliphatic rings. The normalized spacial score (nSPS) is 10.0. The van der Waals surface area contributed by atoms with Gasteiger partial charge < -0.3 is 9.63 Å². The van der Waals surface area contributed by atoms with Crippen LogP contribution >= 0.6 is 0 Å². The van der Waals surface area contributed by atoms with E-state index in [9.17, 15) is 0 Å². The van der Waals surface area contributed by atoms with E-state index >= 15 is 0 Å². The van der Waals surface area contributed by atoms with Gasteiger partial charge in [0.15, 0.2) is 0 Å². The van der Waals surface area contributed by atoms with E-state index in [2.05, 4.69) is 9.68 Å². The number of hydrogen-bond donors (Lipinski definition) is 1. The SMILES string of the molecule is CCc1nocc1CO. The monoisotopic (exact) mass is 127 g/mol. The summed E-state index contributed by atoms with van der Waals surface area (Å²) in [6, 6.07) is 0. The average molecular weight is 127 g/mol. The van der Waals surface area contributed by atoms with Gasteiger partial charge in [-0.2, -0.15) is 0 Å². The topological polar surface area (TPSA) is 46.3 Å². The van der Waals surface area contributed by atoms with Crippen molar-refractivity contribution in [1.29, 1.82) is 0 Å². The number of hydrogen-bond acceptors (Lipinski definition) is 3. The van der Waals surface area contributed by atoms with Crippen LogP contribution in [-0.4, -0.2) is 10.3 Å². The summed E-state index contributed by atoms with van der Waals surface area (Å²) in [6.45, 7) is 1.99. The van der Waals surface area contributed by atoms with E-state index in [-0.39, 0.29) is 6.61 Å². The Balaban J connectivity index is 2.85. The molecule has 1 rings (SSSR count). The largest absolute Gasteiger partial charge is 0.391 e. The van der Waals surface area contributed by atoms with E-state index in [0.29, 0.717) is 0 Å². The molecule has 0 saturated carbocycles. The minimum Gasteiger partial charge on any atom is -0.391 e. The smallest absolute Gasteiger partial charge is 0.129 e. The lowest BCUT2D eigenvalue weighted by Crippen LogP contribution is -1.87. The molecule has 0 aromatic carbocycles. The summed E-state index contributed by atoms with van der Waals surface area (Å²) >= 11 is 0. The van der Waals surface area contributed by atoms with Crippen LogP contribution in [0.4, 0.5) is 0 Å². The van der Waals surface area contributed by atoms with E-state index < -0.39 is 0 Å². The summed E-state index contributed by atoms with van der Waals surface area (Å²) in [7, 11) is 0. The maximum atomic E-state index is 8.64. The Bertz CT molecular complexity index is 164. The van der Waals surface area contributed by atoms with Crippen LogP contribution in [0.15, 0.2) is 10.8 Å². The molecule has 0 unspecified atom stereocenters. The molecule has 0 aliphatic carbocycles. The van der Waals surface area contributed by atoms with Crippen LogP contribution in [0.2, 0.25) is 0 Å². The molecule has 3 heteroatoms. The Kier molecular flexibility index (Phi) is 1.85. The second-order valence-corrected chi connectivity index (χ2v) is 1.80. The average Bonchev–Trinajstić information content (AvgIpc) is 2.33. The highest BCUT2D eigenvalue weighted by molar-refractivity contribution is 5.12. The molecule has 0 aliphatic heterocycles. The van der Waals surface area contributed by atoms with Gasteiger partial charge in [0.05, 0.1) is 12.3 Å². The summed E-state index contributed by atoms with van der Waals surface area (Å²) in [5.74, 6) is 0. The van der Waals surface area contributed by atoms with E-state index in [1.807, 2.05) is 6.92 Å². The zero-order valence-electron chi connectivity index (χ0n) is 5.29. The molecule has 0 radical (unpaired) electrons. The van der Waals surface area contributed by atoms with Crippen molar-refractivity contribution in [2.24, 2.45) is 0 Å². The summed E-state index contributed by atoms with van der Waals surface area (Å²) in [4.78, 5) is 0. The van der Waals surface area contributed by atoms with Gasteiger partial charge in [0.2, 0.25) is 0 Å². The Hall–Kier alpha value is -0.830. The molecule has 0 bridgehead atoms. The van der Waals surface area contributed by atoms with Gasteiger partial charge in [0.1, 0.15) is 6.26 Å². The predicted octanol–water partition coefficient (Wildman–Crippen LogP) is 0.729. The minimum atomic E-state index is 0.0205. The highest BCUT2D eigenvalue weighted by Crippen LogP contribution is 2.05. The van der Waals surface area contributed by atoms with Gasteiger partial charge in [0, 0.05) is 5.56 Å². The van der Waals surface area contributed by atoms with Crippen LogP contribution in [0.1, 0.15) is 18.2 Å². The lowest BCUT2D eigenvalue weighted by Gasteiger charge is -1.88. The molecular formula is C6H9NO2. The number of aryl methyl sites for hydroxylation is 1.